The number of carbonyl (C=O) groups is 2. The van der Waals surface area contributed by atoms with Crippen molar-refractivity contribution in [1.29, 1.82) is 0 Å². The van der Waals surface area contributed by atoms with Crippen LogP contribution in [0.4, 0.5) is 5.69 Å². The Morgan fingerprint density at radius 3 is 2.67 bits per heavy atom. The lowest BCUT2D eigenvalue weighted by molar-refractivity contribution is -0.136. The first kappa shape index (κ1) is 19.2. The van der Waals surface area contributed by atoms with E-state index in [2.05, 4.69) is 10.6 Å². The van der Waals surface area contributed by atoms with Crippen LogP contribution in [0, 0.1) is 0 Å². The summed E-state index contributed by atoms with van der Waals surface area (Å²) in [4.78, 5) is 25.3. The fraction of sp³-hybridized carbons (Fsp3) is 0.158. The Balaban J connectivity index is 1.70. The number of carbonyl (C=O) groups excluding carboxylic acids is 2. The molecular formula is C19H18N2O4S2. The van der Waals surface area contributed by atoms with E-state index < -0.39 is 17.4 Å². The zero-order valence-corrected chi connectivity index (χ0v) is 16.1. The van der Waals surface area contributed by atoms with E-state index >= 15 is 0 Å². The first-order valence-corrected chi connectivity index (χ1v) is 10.2. The lowest BCUT2D eigenvalue weighted by atomic mass is 9.93. The van der Waals surface area contributed by atoms with Crippen molar-refractivity contribution >= 4 is 40.6 Å². The van der Waals surface area contributed by atoms with Crippen LogP contribution < -0.4 is 10.6 Å². The van der Waals surface area contributed by atoms with Gasteiger partial charge in [-0.3, -0.25) is 9.59 Å². The van der Waals surface area contributed by atoms with Gasteiger partial charge >= 0.3 is 11.8 Å². The van der Waals surface area contributed by atoms with Crippen LogP contribution in [0.2, 0.25) is 0 Å². The van der Waals surface area contributed by atoms with E-state index in [-0.39, 0.29) is 12.3 Å². The molecule has 0 fully saturated rings. The van der Waals surface area contributed by atoms with Crippen molar-refractivity contribution in [1.82, 2.24) is 5.32 Å². The highest BCUT2D eigenvalue weighted by atomic mass is 32.2. The van der Waals surface area contributed by atoms with E-state index in [4.69, 9.17) is 4.42 Å². The number of para-hydroxylation sites is 1. The standard InChI is InChI=1S/C19H18N2O4S2/c1-26-15-6-3-2-5-14(15)21-18(23)17(22)20-12-19(24,13-8-10-27-11-13)16-7-4-9-25-16/h2-11,24H,12H2,1H3,(H,20,22)(H,21,23). The molecule has 140 valence electrons. The summed E-state index contributed by atoms with van der Waals surface area (Å²) >= 11 is 2.88. The zero-order chi connectivity index (χ0) is 19.3. The third-order valence-corrected chi connectivity index (χ3v) is 5.47. The molecule has 0 saturated carbocycles. The summed E-state index contributed by atoms with van der Waals surface area (Å²) in [5.41, 5.74) is -0.420. The molecule has 0 aliphatic heterocycles. The third kappa shape index (κ3) is 4.24. The van der Waals surface area contributed by atoms with Crippen LogP contribution in [0.3, 0.4) is 0 Å². The number of aliphatic hydroxyl groups is 1. The quantitative estimate of drug-likeness (QED) is 0.435. The number of thioether (sulfide) groups is 1. The largest absolute Gasteiger partial charge is 0.466 e. The Hall–Kier alpha value is -2.55. The second-order valence-corrected chi connectivity index (χ2v) is 7.31. The summed E-state index contributed by atoms with van der Waals surface area (Å²) in [7, 11) is 0. The summed E-state index contributed by atoms with van der Waals surface area (Å²) < 4.78 is 5.34. The number of benzene rings is 1. The van der Waals surface area contributed by atoms with Gasteiger partial charge in [-0.1, -0.05) is 12.1 Å². The minimum absolute atomic E-state index is 0.201. The van der Waals surface area contributed by atoms with Gasteiger partial charge in [0.2, 0.25) is 0 Å². The minimum atomic E-state index is -1.56. The van der Waals surface area contributed by atoms with E-state index in [9.17, 15) is 14.7 Å². The molecule has 27 heavy (non-hydrogen) atoms. The Morgan fingerprint density at radius 2 is 2.00 bits per heavy atom. The molecule has 0 aliphatic carbocycles. The van der Waals surface area contributed by atoms with E-state index in [1.54, 1.807) is 35.7 Å². The van der Waals surface area contributed by atoms with Gasteiger partial charge in [-0.2, -0.15) is 11.3 Å². The van der Waals surface area contributed by atoms with Crippen LogP contribution in [0.1, 0.15) is 11.3 Å². The maximum atomic E-state index is 12.3. The molecule has 6 nitrogen and oxygen atoms in total. The molecular weight excluding hydrogens is 384 g/mol. The number of furan rings is 1. The van der Waals surface area contributed by atoms with Crippen LogP contribution >= 0.6 is 23.1 Å². The molecule has 0 spiro atoms. The second kappa shape index (κ2) is 8.43. The molecule has 0 radical (unpaired) electrons. The fourth-order valence-electron chi connectivity index (χ4n) is 2.56. The summed E-state index contributed by atoms with van der Waals surface area (Å²) in [6, 6.07) is 12.2. The van der Waals surface area contributed by atoms with Gasteiger partial charge in [0.15, 0.2) is 5.60 Å². The number of rotatable bonds is 6. The van der Waals surface area contributed by atoms with Crippen molar-refractivity contribution < 1.29 is 19.1 Å². The topological polar surface area (TPSA) is 91.6 Å². The molecule has 0 aliphatic rings. The molecule has 3 aromatic rings. The molecule has 2 amide bonds. The van der Waals surface area contributed by atoms with Crippen molar-refractivity contribution in [2.24, 2.45) is 0 Å². The van der Waals surface area contributed by atoms with Gasteiger partial charge in [-0.05, 0) is 47.3 Å². The van der Waals surface area contributed by atoms with E-state index in [1.807, 2.05) is 23.8 Å². The average molecular weight is 402 g/mol. The van der Waals surface area contributed by atoms with Crippen LogP contribution in [0.15, 0.2) is 68.8 Å². The van der Waals surface area contributed by atoms with Crippen LogP contribution in [-0.2, 0) is 15.2 Å². The molecule has 0 bridgehead atoms. The predicted octanol–water partition coefficient (Wildman–Crippen LogP) is 3.05. The summed E-state index contributed by atoms with van der Waals surface area (Å²) in [6.45, 7) is -0.201. The minimum Gasteiger partial charge on any atom is -0.466 e. The number of hydrogen-bond donors (Lipinski definition) is 3. The first-order chi connectivity index (χ1) is 13.0. The van der Waals surface area contributed by atoms with Gasteiger partial charge in [0.25, 0.3) is 0 Å². The average Bonchev–Trinajstić information content (AvgIpc) is 3.40. The number of anilines is 1. The van der Waals surface area contributed by atoms with Crippen molar-refractivity contribution in [3.8, 4) is 0 Å². The van der Waals surface area contributed by atoms with Gasteiger partial charge in [0.1, 0.15) is 5.76 Å². The number of thiophene rings is 1. The van der Waals surface area contributed by atoms with Gasteiger partial charge in [-0.25, -0.2) is 0 Å². The van der Waals surface area contributed by atoms with Crippen molar-refractivity contribution in [2.75, 3.05) is 18.1 Å². The van der Waals surface area contributed by atoms with Gasteiger partial charge in [-0.15, -0.1) is 11.8 Å². The molecule has 3 N–H and O–H groups in total. The monoisotopic (exact) mass is 402 g/mol. The SMILES string of the molecule is CSc1ccccc1NC(=O)C(=O)NCC(O)(c1ccsc1)c1ccco1. The van der Waals surface area contributed by atoms with Crippen molar-refractivity contribution in [2.45, 2.75) is 10.5 Å². The van der Waals surface area contributed by atoms with Crippen LogP contribution in [0.25, 0.3) is 0 Å². The second-order valence-electron chi connectivity index (χ2n) is 5.69. The van der Waals surface area contributed by atoms with Gasteiger partial charge in [0.05, 0.1) is 18.5 Å². The first-order valence-electron chi connectivity index (χ1n) is 8.06. The normalized spacial score (nSPS) is 13.0. The third-order valence-electron chi connectivity index (χ3n) is 3.99. The molecule has 2 aromatic heterocycles. The Kier molecular flexibility index (Phi) is 6.00. The Morgan fingerprint density at radius 1 is 1.19 bits per heavy atom. The molecule has 8 heteroatoms. The summed E-state index contributed by atoms with van der Waals surface area (Å²) in [6.07, 6.45) is 3.33. The van der Waals surface area contributed by atoms with Crippen LogP contribution in [0.5, 0.6) is 0 Å². The maximum absolute atomic E-state index is 12.3. The Bertz CT molecular complexity index is 873. The Labute approximate surface area is 164 Å². The predicted molar refractivity (Wildman–Crippen MR) is 106 cm³/mol. The molecule has 0 saturated heterocycles. The molecule has 2 heterocycles. The highest BCUT2D eigenvalue weighted by Crippen LogP contribution is 2.31. The lowest BCUT2D eigenvalue weighted by Gasteiger charge is -2.25. The van der Waals surface area contributed by atoms with Crippen LogP contribution in [-0.4, -0.2) is 29.7 Å². The summed E-state index contributed by atoms with van der Waals surface area (Å²) in [5.74, 6) is -1.36. The molecule has 1 aromatic carbocycles. The zero-order valence-electron chi connectivity index (χ0n) is 14.5. The molecule has 3 rings (SSSR count). The highest BCUT2D eigenvalue weighted by Gasteiger charge is 2.36. The smallest absolute Gasteiger partial charge is 0.313 e. The molecule has 1 atom stereocenters. The lowest BCUT2D eigenvalue weighted by Crippen LogP contribution is -2.45. The van der Waals surface area contributed by atoms with Crippen molar-refractivity contribution in [3.63, 3.8) is 0 Å². The number of amides is 2. The van der Waals surface area contributed by atoms with Crippen molar-refractivity contribution in [3.05, 3.63) is 70.8 Å². The number of hydrogen-bond acceptors (Lipinski definition) is 6. The maximum Gasteiger partial charge on any atom is 0.313 e. The van der Waals surface area contributed by atoms with Gasteiger partial charge in [0, 0.05) is 10.5 Å². The highest BCUT2D eigenvalue weighted by molar-refractivity contribution is 7.98. The molecule has 1 unspecified atom stereocenters. The number of nitrogens with one attached hydrogen (secondary N) is 2. The van der Waals surface area contributed by atoms with E-state index in [0.29, 0.717) is 11.3 Å². The van der Waals surface area contributed by atoms with E-state index in [1.165, 1.54) is 29.4 Å². The summed E-state index contributed by atoms with van der Waals surface area (Å²) in [5, 5.41) is 19.8. The van der Waals surface area contributed by atoms with E-state index in [0.717, 1.165) is 4.90 Å². The fourth-order valence-corrected chi connectivity index (χ4v) is 3.84. The van der Waals surface area contributed by atoms with Gasteiger partial charge < -0.3 is 20.2 Å².